The zero-order chi connectivity index (χ0) is 19.1. The molecule has 0 bridgehead atoms. The van der Waals surface area contributed by atoms with Crippen LogP contribution in [-0.4, -0.2) is 33.0 Å². The van der Waals surface area contributed by atoms with Crippen molar-refractivity contribution in [2.75, 3.05) is 5.32 Å². The summed E-state index contributed by atoms with van der Waals surface area (Å²) >= 11 is 0. The molecule has 0 aliphatic heterocycles. The average molecular weight is 352 g/mol. The largest absolute Gasteiger partial charge is 0.479 e. The van der Waals surface area contributed by atoms with E-state index in [0.29, 0.717) is 0 Å². The second kappa shape index (κ2) is 8.38. The molecular weight excluding hydrogens is 336 g/mol. The number of hydrogen-bond acceptors (Lipinski definition) is 6. The number of benzene rings is 1. The topological polar surface area (TPSA) is 165 Å². The molecule has 2 amide bonds. The fourth-order valence-corrected chi connectivity index (χ4v) is 1.71. The van der Waals surface area contributed by atoms with E-state index in [9.17, 15) is 29.8 Å². The highest BCUT2D eigenvalue weighted by atomic mass is 16.6. The summed E-state index contributed by atoms with van der Waals surface area (Å²) in [7, 11) is 0. The maximum absolute atomic E-state index is 11.9. The van der Waals surface area contributed by atoms with Gasteiger partial charge in [-0.3, -0.25) is 20.2 Å². The van der Waals surface area contributed by atoms with Crippen LogP contribution in [0.5, 0.6) is 0 Å². The van der Waals surface area contributed by atoms with E-state index in [1.165, 1.54) is 6.08 Å². The van der Waals surface area contributed by atoms with Gasteiger partial charge in [0.15, 0.2) is 0 Å². The zero-order valence-corrected chi connectivity index (χ0v) is 13.3. The van der Waals surface area contributed by atoms with Gasteiger partial charge < -0.3 is 15.7 Å². The molecule has 0 radical (unpaired) electrons. The van der Waals surface area contributed by atoms with Crippen molar-refractivity contribution in [3.8, 4) is 0 Å². The van der Waals surface area contributed by atoms with Gasteiger partial charge in [0.2, 0.25) is 0 Å². The van der Waals surface area contributed by atoms with Crippen LogP contribution in [0.15, 0.2) is 30.4 Å². The van der Waals surface area contributed by atoms with Crippen LogP contribution in [0.25, 0.3) is 0 Å². The molecule has 0 saturated carbocycles. The molecule has 134 valence electrons. The first-order chi connectivity index (χ1) is 11.6. The molecule has 1 rings (SSSR count). The Hall–Kier alpha value is -3.50. The first-order valence-corrected chi connectivity index (χ1v) is 7.02. The summed E-state index contributed by atoms with van der Waals surface area (Å²) in [5.41, 5.74) is -1.38. The fraction of sp³-hybridized carbons (Fsp3) is 0.286. The van der Waals surface area contributed by atoms with Crippen molar-refractivity contribution in [2.24, 2.45) is 5.92 Å². The third-order valence-corrected chi connectivity index (χ3v) is 2.82. The van der Waals surface area contributed by atoms with Gasteiger partial charge in [0.05, 0.1) is 21.6 Å². The summed E-state index contributed by atoms with van der Waals surface area (Å²) in [6.45, 7) is 3.63. The quantitative estimate of drug-likeness (QED) is 0.384. The normalized spacial score (nSPS) is 12.0. The highest BCUT2D eigenvalue weighted by Gasteiger charge is 2.20. The van der Waals surface area contributed by atoms with Crippen molar-refractivity contribution in [1.82, 2.24) is 5.32 Å². The Morgan fingerprint density at radius 2 is 1.60 bits per heavy atom. The van der Waals surface area contributed by atoms with Gasteiger partial charge in [0.1, 0.15) is 6.04 Å². The van der Waals surface area contributed by atoms with Crippen molar-refractivity contribution in [3.63, 3.8) is 0 Å². The Morgan fingerprint density at radius 1 is 1.08 bits per heavy atom. The second-order valence-corrected chi connectivity index (χ2v) is 5.30. The summed E-state index contributed by atoms with van der Waals surface area (Å²) in [5, 5.41) is 34.9. The number of carboxylic acid groups (broad SMARTS) is 1. The summed E-state index contributed by atoms with van der Waals surface area (Å²) in [5.74, 6) is -1.25. The second-order valence-electron chi connectivity index (χ2n) is 5.30. The molecule has 3 N–H and O–H groups in total. The molecule has 1 atom stereocenters. The number of nitrogens with one attached hydrogen (secondary N) is 2. The lowest BCUT2D eigenvalue weighted by Gasteiger charge is -2.12. The Kier molecular flexibility index (Phi) is 6.55. The van der Waals surface area contributed by atoms with E-state index in [2.05, 4.69) is 10.6 Å². The molecular formula is C14H16N4O7. The molecule has 0 saturated heterocycles. The Balaban J connectivity index is 2.96. The van der Waals surface area contributed by atoms with Gasteiger partial charge in [0.25, 0.3) is 11.4 Å². The van der Waals surface area contributed by atoms with Gasteiger partial charge in [-0.2, -0.15) is 0 Å². The average Bonchev–Trinajstić information content (AvgIpc) is 2.50. The van der Waals surface area contributed by atoms with Crippen LogP contribution < -0.4 is 10.6 Å². The number of carboxylic acids is 1. The maximum Gasteiger partial charge on any atom is 0.330 e. The van der Waals surface area contributed by atoms with Gasteiger partial charge in [-0.15, -0.1) is 0 Å². The summed E-state index contributed by atoms with van der Waals surface area (Å²) in [6.07, 6.45) is 2.86. The Bertz CT molecular complexity index is 698. The molecule has 0 unspecified atom stereocenters. The molecule has 1 aromatic carbocycles. The number of allylic oxidation sites excluding steroid dienone is 1. The molecule has 0 aromatic heterocycles. The van der Waals surface area contributed by atoms with Crippen LogP contribution in [0, 0.1) is 26.1 Å². The Labute approximate surface area is 141 Å². The molecule has 11 nitrogen and oxygen atoms in total. The predicted molar refractivity (Wildman–Crippen MR) is 87.3 cm³/mol. The van der Waals surface area contributed by atoms with Crippen molar-refractivity contribution >= 4 is 29.1 Å². The molecule has 1 aromatic rings. The smallest absolute Gasteiger partial charge is 0.330 e. The number of nitrogens with zero attached hydrogens (tertiary/aromatic N) is 2. The van der Waals surface area contributed by atoms with Crippen LogP contribution in [0.1, 0.15) is 13.8 Å². The summed E-state index contributed by atoms with van der Waals surface area (Å²) in [6, 6.07) is 0.291. The van der Waals surface area contributed by atoms with E-state index in [1.54, 1.807) is 6.08 Å². The number of hydrogen-bond donors (Lipinski definition) is 3. The number of rotatable bonds is 7. The number of nitro groups is 2. The predicted octanol–water partition coefficient (Wildman–Crippen LogP) is 2.29. The van der Waals surface area contributed by atoms with Gasteiger partial charge in [-0.25, -0.2) is 9.59 Å². The maximum atomic E-state index is 11.9. The standard InChI is InChI=1S/C14H16N4O7/c1-8(2)3-4-12(13(19)20)16-14(21)15-9-5-10(17(22)23)7-11(6-9)18(24)25/h3-8,12H,1-2H3,(H,19,20)(H2,15,16,21)/t12-/m0/s1. The fourth-order valence-electron chi connectivity index (χ4n) is 1.71. The number of anilines is 1. The number of amides is 2. The van der Waals surface area contributed by atoms with Crippen LogP contribution in [0.3, 0.4) is 0 Å². The molecule has 11 heteroatoms. The molecule has 25 heavy (non-hydrogen) atoms. The molecule has 0 fully saturated rings. The minimum atomic E-state index is -1.32. The first-order valence-electron chi connectivity index (χ1n) is 7.02. The van der Waals surface area contributed by atoms with Crippen molar-refractivity contribution in [1.29, 1.82) is 0 Å². The summed E-state index contributed by atoms with van der Waals surface area (Å²) in [4.78, 5) is 42.9. The van der Waals surface area contributed by atoms with Gasteiger partial charge >= 0.3 is 12.0 Å². The number of aliphatic carboxylic acids is 1. The lowest BCUT2D eigenvalue weighted by molar-refractivity contribution is -0.394. The third kappa shape index (κ3) is 6.25. The first kappa shape index (κ1) is 19.5. The van der Waals surface area contributed by atoms with Gasteiger partial charge in [-0.05, 0) is 5.92 Å². The van der Waals surface area contributed by atoms with Crippen molar-refractivity contribution in [3.05, 3.63) is 50.6 Å². The van der Waals surface area contributed by atoms with E-state index >= 15 is 0 Å². The highest BCUT2D eigenvalue weighted by molar-refractivity contribution is 5.93. The molecule has 0 spiro atoms. The summed E-state index contributed by atoms with van der Waals surface area (Å²) < 4.78 is 0. The van der Waals surface area contributed by atoms with E-state index < -0.39 is 39.3 Å². The molecule has 0 heterocycles. The lowest BCUT2D eigenvalue weighted by atomic mass is 10.1. The van der Waals surface area contributed by atoms with Crippen molar-refractivity contribution in [2.45, 2.75) is 19.9 Å². The lowest BCUT2D eigenvalue weighted by Crippen LogP contribution is -2.41. The van der Waals surface area contributed by atoms with Gasteiger partial charge in [0, 0.05) is 12.1 Å². The van der Waals surface area contributed by atoms with Crippen LogP contribution in [0.4, 0.5) is 21.9 Å². The SMILES string of the molecule is CC(C)C=C[C@H](NC(=O)Nc1cc([N+](=O)[O-])cc([N+](=O)[O-])c1)C(=O)O. The number of carbonyl (C=O) groups is 2. The van der Waals surface area contributed by atoms with E-state index in [4.69, 9.17) is 5.11 Å². The van der Waals surface area contributed by atoms with E-state index in [0.717, 1.165) is 18.2 Å². The van der Waals surface area contributed by atoms with Gasteiger partial charge in [-0.1, -0.05) is 26.0 Å². The number of nitro benzene ring substituents is 2. The van der Waals surface area contributed by atoms with E-state index in [-0.39, 0.29) is 11.6 Å². The third-order valence-electron chi connectivity index (χ3n) is 2.82. The highest BCUT2D eigenvalue weighted by Crippen LogP contribution is 2.25. The van der Waals surface area contributed by atoms with Crippen molar-refractivity contribution < 1.29 is 24.5 Å². The van der Waals surface area contributed by atoms with Crippen LogP contribution >= 0.6 is 0 Å². The van der Waals surface area contributed by atoms with E-state index in [1.807, 2.05) is 13.8 Å². The number of urea groups is 1. The zero-order valence-electron chi connectivity index (χ0n) is 13.3. The van der Waals surface area contributed by atoms with Crippen LogP contribution in [0.2, 0.25) is 0 Å². The number of carbonyl (C=O) groups excluding carboxylic acids is 1. The molecule has 0 aliphatic carbocycles. The minimum Gasteiger partial charge on any atom is -0.479 e. The number of non-ortho nitro benzene ring substituents is 2. The Morgan fingerprint density at radius 3 is 2.00 bits per heavy atom. The molecule has 0 aliphatic rings. The monoisotopic (exact) mass is 352 g/mol. The van der Waals surface area contributed by atoms with Crippen LogP contribution in [-0.2, 0) is 4.79 Å². The minimum absolute atomic E-state index is 0.0612.